The zero-order valence-corrected chi connectivity index (χ0v) is 16.0. The first-order valence-corrected chi connectivity index (χ1v) is 9.36. The number of amides is 2. The van der Waals surface area contributed by atoms with E-state index in [9.17, 15) is 27.9 Å². The van der Waals surface area contributed by atoms with Crippen LogP contribution in [0.2, 0.25) is 0 Å². The lowest BCUT2D eigenvalue weighted by Gasteiger charge is -2.22. The van der Waals surface area contributed by atoms with Crippen LogP contribution in [-0.2, 0) is 21.4 Å². The standard InChI is InChI=1S/C20H17F3N2O3S/c1-19(28,16-10-12-6-2-5-9-15(12)29-16)11-24-17(26)18(27)25-14-8-4-3-7-13(14)20(21,22)23/h2-10,28H,11H2,1H3,(H,24,26)(H,25,27). The number of halogens is 3. The van der Waals surface area contributed by atoms with Gasteiger partial charge < -0.3 is 15.7 Å². The quantitative estimate of drug-likeness (QED) is 0.559. The minimum atomic E-state index is -4.68. The van der Waals surface area contributed by atoms with Crippen molar-refractivity contribution in [1.82, 2.24) is 5.32 Å². The number of hydrogen-bond acceptors (Lipinski definition) is 4. The first kappa shape index (κ1) is 20.8. The number of para-hydroxylation sites is 1. The second-order valence-electron chi connectivity index (χ2n) is 6.60. The summed E-state index contributed by atoms with van der Waals surface area (Å²) in [4.78, 5) is 24.6. The Morgan fingerprint density at radius 3 is 2.38 bits per heavy atom. The van der Waals surface area contributed by atoms with E-state index in [-0.39, 0.29) is 6.54 Å². The van der Waals surface area contributed by atoms with Gasteiger partial charge in [-0.3, -0.25) is 9.59 Å². The predicted molar refractivity (Wildman–Crippen MR) is 104 cm³/mol. The van der Waals surface area contributed by atoms with Crippen LogP contribution in [0.5, 0.6) is 0 Å². The van der Waals surface area contributed by atoms with E-state index >= 15 is 0 Å². The molecule has 0 saturated heterocycles. The molecule has 2 amide bonds. The number of fused-ring (bicyclic) bond motifs is 1. The van der Waals surface area contributed by atoms with Gasteiger partial charge in [0.2, 0.25) is 0 Å². The molecule has 0 aliphatic rings. The first-order chi connectivity index (χ1) is 13.6. The van der Waals surface area contributed by atoms with Crippen LogP contribution in [0, 0.1) is 0 Å². The van der Waals surface area contributed by atoms with Gasteiger partial charge in [-0.25, -0.2) is 0 Å². The monoisotopic (exact) mass is 422 g/mol. The van der Waals surface area contributed by atoms with Gasteiger partial charge in [0.15, 0.2) is 0 Å². The van der Waals surface area contributed by atoms with Crippen LogP contribution in [0.3, 0.4) is 0 Å². The summed E-state index contributed by atoms with van der Waals surface area (Å²) in [5.41, 5.74) is -3.03. The number of hydrogen-bond donors (Lipinski definition) is 3. The van der Waals surface area contributed by atoms with E-state index in [0.717, 1.165) is 22.2 Å². The SMILES string of the molecule is CC(O)(CNC(=O)C(=O)Nc1ccccc1C(F)(F)F)c1cc2ccccc2s1. The molecule has 3 N–H and O–H groups in total. The van der Waals surface area contributed by atoms with E-state index in [0.29, 0.717) is 4.88 Å². The van der Waals surface area contributed by atoms with Crippen LogP contribution < -0.4 is 10.6 Å². The van der Waals surface area contributed by atoms with Crippen LogP contribution in [0.15, 0.2) is 54.6 Å². The normalized spacial score (nSPS) is 13.7. The highest BCUT2D eigenvalue weighted by Crippen LogP contribution is 2.35. The van der Waals surface area contributed by atoms with Gasteiger partial charge >= 0.3 is 18.0 Å². The van der Waals surface area contributed by atoms with E-state index in [1.165, 1.54) is 30.4 Å². The maximum atomic E-state index is 13.0. The fraction of sp³-hybridized carbons (Fsp3) is 0.200. The fourth-order valence-electron chi connectivity index (χ4n) is 2.69. The molecular formula is C20H17F3N2O3S. The van der Waals surface area contributed by atoms with Crippen LogP contribution in [-0.4, -0.2) is 23.5 Å². The van der Waals surface area contributed by atoms with Crippen molar-refractivity contribution in [3.05, 3.63) is 65.0 Å². The molecule has 1 aromatic heterocycles. The molecule has 1 heterocycles. The number of aliphatic hydroxyl groups is 1. The molecule has 1 atom stereocenters. The molecule has 3 aromatic rings. The van der Waals surface area contributed by atoms with E-state index < -0.39 is 34.8 Å². The Hall–Kier alpha value is -2.91. The minimum absolute atomic E-state index is 0.285. The maximum absolute atomic E-state index is 13.0. The third kappa shape index (κ3) is 4.75. The summed E-state index contributed by atoms with van der Waals surface area (Å²) in [6, 6.07) is 13.6. The zero-order valence-electron chi connectivity index (χ0n) is 15.2. The highest BCUT2D eigenvalue weighted by molar-refractivity contribution is 7.19. The molecular weight excluding hydrogens is 405 g/mol. The van der Waals surface area contributed by atoms with Gasteiger partial charge in [-0.2, -0.15) is 13.2 Å². The molecule has 0 aliphatic carbocycles. The van der Waals surface area contributed by atoms with E-state index in [4.69, 9.17) is 0 Å². The molecule has 0 bridgehead atoms. The van der Waals surface area contributed by atoms with Crippen LogP contribution >= 0.6 is 11.3 Å². The van der Waals surface area contributed by atoms with Gasteiger partial charge in [0.05, 0.1) is 17.8 Å². The van der Waals surface area contributed by atoms with Crippen molar-refractivity contribution in [3.63, 3.8) is 0 Å². The Kier molecular flexibility index (Phi) is 5.63. The Bertz CT molecular complexity index is 1030. The van der Waals surface area contributed by atoms with Crippen LogP contribution in [0.1, 0.15) is 17.4 Å². The summed E-state index contributed by atoms with van der Waals surface area (Å²) >= 11 is 1.34. The number of rotatable bonds is 4. The summed E-state index contributed by atoms with van der Waals surface area (Å²) in [5, 5.41) is 15.8. The molecule has 0 fully saturated rings. The molecule has 0 spiro atoms. The van der Waals surface area contributed by atoms with Crippen LogP contribution in [0.25, 0.3) is 10.1 Å². The third-order valence-electron chi connectivity index (χ3n) is 4.24. The van der Waals surface area contributed by atoms with Gasteiger partial charge in [0.25, 0.3) is 0 Å². The lowest BCUT2D eigenvalue weighted by atomic mass is 10.0. The average Bonchev–Trinajstić information content (AvgIpc) is 3.11. The Morgan fingerprint density at radius 1 is 1.03 bits per heavy atom. The number of nitrogens with one attached hydrogen (secondary N) is 2. The summed E-state index contributed by atoms with van der Waals surface area (Å²) in [6.07, 6.45) is -4.68. The molecule has 29 heavy (non-hydrogen) atoms. The van der Waals surface area contributed by atoms with Crippen molar-refractivity contribution in [3.8, 4) is 0 Å². The maximum Gasteiger partial charge on any atom is 0.418 e. The van der Waals surface area contributed by atoms with Gasteiger partial charge in [0, 0.05) is 9.58 Å². The molecule has 9 heteroatoms. The minimum Gasteiger partial charge on any atom is -0.383 e. The van der Waals surface area contributed by atoms with Gasteiger partial charge in [-0.15, -0.1) is 11.3 Å². The Labute approximate surface area is 168 Å². The van der Waals surface area contributed by atoms with E-state index in [1.54, 1.807) is 6.07 Å². The van der Waals surface area contributed by atoms with Gasteiger partial charge in [-0.05, 0) is 36.6 Å². The topological polar surface area (TPSA) is 78.4 Å². The largest absolute Gasteiger partial charge is 0.418 e. The number of carbonyl (C=O) groups is 2. The van der Waals surface area contributed by atoms with Gasteiger partial charge in [0.1, 0.15) is 5.60 Å². The van der Waals surface area contributed by atoms with Crippen molar-refractivity contribution in [1.29, 1.82) is 0 Å². The van der Waals surface area contributed by atoms with Crippen molar-refractivity contribution in [2.24, 2.45) is 0 Å². The highest BCUT2D eigenvalue weighted by Gasteiger charge is 2.34. The number of thiophene rings is 1. The van der Waals surface area contributed by atoms with E-state index in [2.05, 4.69) is 5.32 Å². The second kappa shape index (κ2) is 7.84. The lowest BCUT2D eigenvalue weighted by Crippen LogP contribution is -2.43. The lowest BCUT2D eigenvalue weighted by molar-refractivity contribution is -0.138. The number of benzene rings is 2. The molecule has 0 saturated carbocycles. The second-order valence-corrected chi connectivity index (χ2v) is 7.69. The molecule has 152 valence electrons. The van der Waals surface area contributed by atoms with Crippen molar-refractivity contribution in [2.45, 2.75) is 18.7 Å². The van der Waals surface area contributed by atoms with Crippen molar-refractivity contribution in [2.75, 3.05) is 11.9 Å². The molecule has 2 aromatic carbocycles. The molecule has 5 nitrogen and oxygen atoms in total. The van der Waals surface area contributed by atoms with E-state index in [1.807, 2.05) is 29.6 Å². The summed E-state index contributed by atoms with van der Waals surface area (Å²) in [5.74, 6) is -2.41. The summed E-state index contributed by atoms with van der Waals surface area (Å²) in [6.45, 7) is 1.20. The third-order valence-corrected chi connectivity index (χ3v) is 5.61. The van der Waals surface area contributed by atoms with Crippen molar-refractivity contribution < 1.29 is 27.9 Å². The molecule has 0 radical (unpaired) electrons. The number of carbonyl (C=O) groups excluding carboxylic acids is 2. The predicted octanol–water partition coefficient (Wildman–Crippen LogP) is 3.88. The number of alkyl halides is 3. The van der Waals surface area contributed by atoms with Crippen LogP contribution in [0.4, 0.5) is 18.9 Å². The average molecular weight is 422 g/mol. The summed E-state index contributed by atoms with van der Waals surface area (Å²) < 4.78 is 39.9. The molecule has 1 unspecified atom stereocenters. The van der Waals surface area contributed by atoms with Gasteiger partial charge in [-0.1, -0.05) is 30.3 Å². The zero-order chi connectivity index (χ0) is 21.2. The fourth-order valence-corrected chi connectivity index (χ4v) is 3.79. The smallest absolute Gasteiger partial charge is 0.383 e. The molecule has 3 rings (SSSR count). The molecule has 0 aliphatic heterocycles. The first-order valence-electron chi connectivity index (χ1n) is 8.55. The summed E-state index contributed by atoms with van der Waals surface area (Å²) in [7, 11) is 0. The van der Waals surface area contributed by atoms with Crippen molar-refractivity contribution >= 4 is 38.9 Å². The Balaban J connectivity index is 1.66. The number of anilines is 1. The Morgan fingerprint density at radius 2 is 1.69 bits per heavy atom. The highest BCUT2D eigenvalue weighted by atomic mass is 32.1.